The van der Waals surface area contributed by atoms with Gasteiger partial charge in [0.15, 0.2) is 0 Å². The van der Waals surface area contributed by atoms with Gasteiger partial charge in [0.25, 0.3) is 5.91 Å². The van der Waals surface area contributed by atoms with Gasteiger partial charge >= 0.3 is 0 Å². The Hall–Kier alpha value is -2.87. The molecule has 5 nitrogen and oxygen atoms in total. The first kappa shape index (κ1) is 17.0. The fourth-order valence-corrected chi connectivity index (χ4v) is 2.99. The van der Waals surface area contributed by atoms with Gasteiger partial charge in [-0.3, -0.25) is 4.79 Å². The summed E-state index contributed by atoms with van der Waals surface area (Å²) in [4.78, 5) is 19.0. The van der Waals surface area contributed by atoms with Crippen LogP contribution in [-0.2, 0) is 6.54 Å². The molecule has 2 heterocycles. The monoisotopic (exact) mass is 334 g/mol. The number of benzene rings is 1. The van der Waals surface area contributed by atoms with Gasteiger partial charge < -0.3 is 10.2 Å². The van der Waals surface area contributed by atoms with Gasteiger partial charge in [0, 0.05) is 31.4 Å². The van der Waals surface area contributed by atoms with Gasteiger partial charge in [-0.25, -0.2) is 4.98 Å². The molecular formula is C20H22N4O. The summed E-state index contributed by atoms with van der Waals surface area (Å²) in [6.45, 7) is 2.58. The van der Waals surface area contributed by atoms with Crippen LogP contribution in [-0.4, -0.2) is 24.0 Å². The van der Waals surface area contributed by atoms with E-state index in [1.54, 1.807) is 24.3 Å². The molecule has 1 aromatic heterocycles. The van der Waals surface area contributed by atoms with E-state index in [1.807, 2.05) is 24.4 Å². The van der Waals surface area contributed by atoms with Crippen molar-refractivity contribution in [3.63, 3.8) is 0 Å². The van der Waals surface area contributed by atoms with E-state index in [2.05, 4.69) is 15.2 Å². The maximum atomic E-state index is 12.1. The Morgan fingerprint density at radius 1 is 1.08 bits per heavy atom. The second-order valence-corrected chi connectivity index (χ2v) is 6.30. The van der Waals surface area contributed by atoms with Gasteiger partial charge in [-0.2, -0.15) is 5.26 Å². The third-order valence-electron chi connectivity index (χ3n) is 4.47. The highest BCUT2D eigenvalue weighted by Crippen LogP contribution is 2.17. The summed E-state index contributed by atoms with van der Waals surface area (Å²) in [5, 5.41) is 11.7. The summed E-state index contributed by atoms with van der Waals surface area (Å²) in [7, 11) is 0. The van der Waals surface area contributed by atoms with Gasteiger partial charge in [0.1, 0.15) is 5.82 Å². The molecule has 1 saturated heterocycles. The lowest BCUT2D eigenvalue weighted by Crippen LogP contribution is -2.25. The number of nitrogens with one attached hydrogen (secondary N) is 1. The molecule has 3 rings (SSSR count). The Balaban J connectivity index is 1.55. The molecule has 128 valence electrons. The normalized spacial score (nSPS) is 14.4. The minimum Gasteiger partial charge on any atom is -0.357 e. The number of aromatic nitrogens is 1. The molecular weight excluding hydrogens is 312 g/mol. The molecule has 1 N–H and O–H groups in total. The lowest BCUT2D eigenvalue weighted by atomic mass is 10.1. The van der Waals surface area contributed by atoms with Crippen LogP contribution in [0.15, 0.2) is 42.6 Å². The molecule has 5 heteroatoms. The summed E-state index contributed by atoms with van der Waals surface area (Å²) in [6, 6.07) is 12.7. The molecule has 1 fully saturated rings. The highest BCUT2D eigenvalue weighted by molar-refractivity contribution is 5.94. The number of nitriles is 1. The number of hydrogen-bond acceptors (Lipinski definition) is 4. The number of hydrogen-bond donors (Lipinski definition) is 1. The van der Waals surface area contributed by atoms with E-state index in [0.717, 1.165) is 24.5 Å². The largest absolute Gasteiger partial charge is 0.357 e. The number of amides is 1. The zero-order valence-electron chi connectivity index (χ0n) is 14.2. The minimum atomic E-state index is -0.152. The van der Waals surface area contributed by atoms with Gasteiger partial charge in [0.05, 0.1) is 11.6 Å². The zero-order chi connectivity index (χ0) is 17.5. The first-order valence-corrected chi connectivity index (χ1v) is 8.74. The predicted octanol–water partition coefficient (Wildman–Crippen LogP) is 3.26. The topological polar surface area (TPSA) is 69.0 Å². The van der Waals surface area contributed by atoms with E-state index in [-0.39, 0.29) is 5.91 Å². The van der Waals surface area contributed by atoms with E-state index in [9.17, 15) is 4.79 Å². The number of anilines is 1. The van der Waals surface area contributed by atoms with Crippen molar-refractivity contribution in [3.05, 3.63) is 59.3 Å². The summed E-state index contributed by atoms with van der Waals surface area (Å²) in [6.07, 6.45) is 6.89. The van der Waals surface area contributed by atoms with Crippen LogP contribution in [0.2, 0.25) is 0 Å². The van der Waals surface area contributed by atoms with E-state index >= 15 is 0 Å². The van der Waals surface area contributed by atoms with Crippen molar-refractivity contribution in [2.45, 2.75) is 32.2 Å². The van der Waals surface area contributed by atoms with Crippen molar-refractivity contribution in [1.82, 2.24) is 10.3 Å². The molecule has 0 atom stereocenters. The van der Waals surface area contributed by atoms with Crippen molar-refractivity contribution in [3.8, 4) is 6.07 Å². The van der Waals surface area contributed by atoms with E-state index in [1.165, 1.54) is 25.7 Å². The third kappa shape index (κ3) is 4.57. The van der Waals surface area contributed by atoms with Crippen molar-refractivity contribution in [1.29, 1.82) is 5.26 Å². The Kier molecular flexibility index (Phi) is 5.63. The highest BCUT2D eigenvalue weighted by Gasteiger charge is 2.11. The van der Waals surface area contributed by atoms with Gasteiger partial charge in [-0.15, -0.1) is 0 Å². The highest BCUT2D eigenvalue weighted by atomic mass is 16.1. The molecule has 2 aromatic rings. The second-order valence-electron chi connectivity index (χ2n) is 6.30. The summed E-state index contributed by atoms with van der Waals surface area (Å²) < 4.78 is 0. The predicted molar refractivity (Wildman–Crippen MR) is 97.2 cm³/mol. The smallest absolute Gasteiger partial charge is 0.251 e. The molecule has 0 spiro atoms. The summed E-state index contributed by atoms with van der Waals surface area (Å²) in [5.41, 5.74) is 2.07. The first-order chi connectivity index (χ1) is 12.3. The molecule has 0 bridgehead atoms. The third-order valence-corrected chi connectivity index (χ3v) is 4.47. The number of carbonyl (C=O) groups is 1. The lowest BCUT2D eigenvalue weighted by molar-refractivity contribution is 0.0951. The Morgan fingerprint density at radius 3 is 2.40 bits per heavy atom. The van der Waals surface area contributed by atoms with E-state index < -0.39 is 0 Å². The van der Waals surface area contributed by atoms with Gasteiger partial charge in [-0.1, -0.05) is 18.9 Å². The molecule has 1 aliphatic rings. The fourth-order valence-electron chi connectivity index (χ4n) is 2.99. The first-order valence-electron chi connectivity index (χ1n) is 8.74. The van der Waals surface area contributed by atoms with E-state index in [0.29, 0.717) is 17.7 Å². The maximum absolute atomic E-state index is 12.1. The Labute approximate surface area is 148 Å². The molecule has 0 saturated carbocycles. The van der Waals surface area contributed by atoms with Crippen molar-refractivity contribution in [2.75, 3.05) is 18.0 Å². The Morgan fingerprint density at radius 2 is 1.80 bits per heavy atom. The van der Waals surface area contributed by atoms with Crippen LogP contribution in [0.5, 0.6) is 0 Å². The van der Waals surface area contributed by atoms with Crippen molar-refractivity contribution in [2.24, 2.45) is 0 Å². The van der Waals surface area contributed by atoms with Crippen LogP contribution >= 0.6 is 0 Å². The van der Waals surface area contributed by atoms with Crippen LogP contribution in [0.25, 0.3) is 0 Å². The van der Waals surface area contributed by atoms with E-state index in [4.69, 9.17) is 5.26 Å². The van der Waals surface area contributed by atoms with Gasteiger partial charge in [-0.05, 0) is 48.7 Å². The zero-order valence-corrected chi connectivity index (χ0v) is 14.2. The molecule has 0 aliphatic carbocycles. The quantitative estimate of drug-likeness (QED) is 0.932. The van der Waals surface area contributed by atoms with Crippen molar-refractivity contribution < 1.29 is 4.79 Å². The average molecular weight is 334 g/mol. The average Bonchev–Trinajstić information content (AvgIpc) is 2.96. The standard InChI is InChI=1S/C20H22N4O/c21-13-16-5-8-18(9-6-16)20(25)23-15-17-7-10-19(22-14-17)24-11-3-1-2-4-12-24/h5-10,14H,1-4,11-12,15H2,(H,23,25). The molecule has 25 heavy (non-hydrogen) atoms. The molecule has 1 amide bonds. The molecule has 0 unspecified atom stereocenters. The fraction of sp³-hybridized carbons (Fsp3) is 0.350. The lowest BCUT2D eigenvalue weighted by Gasteiger charge is -2.21. The van der Waals surface area contributed by atoms with Crippen molar-refractivity contribution >= 4 is 11.7 Å². The van der Waals surface area contributed by atoms with Crippen LogP contribution in [0.3, 0.4) is 0 Å². The summed E-state index contributed by atoms with van der Waals surface area (Å²) >= 11 is 0. The number of pyridine rings is 1. The van der Waals surface area contributed by atoms with Crippen LogP contribution in [0, 0.1) is 11.3 Å². The van der Waals surface area contributed by atoms with Crippen LogP contribution in [0.4, 0.5) is 5.82 Å². The summed E-state index contributed by atoms with van der Waals surface area (Å²) in [5.74, 6) is 0.866. The second kappa shape index (κ2) is 8.29. The van der Waals surface area contributed by atoms with Gasteiger partial charge in [0.2, 0.25) is 0 Å². The molecule has 0 radical (unpaired) electrons. The Bertz CT molecular complexity index is 739. The molecule has 1 aliphatic heterocycles. The number of nitrogens with zero attached hydrogens (tertiary/aromatic N) is 3. The number of rotatable bonds is 4. The minimum absolute atomic E-state index is 0.152. The van der Waals surface area contributed by atoms with Crippen LogP contribution < -0.4 is 10.2 Å². The molecule has 1 aromatic carbocycles. The number of carbonyl (C=O) groups excluding carboxylic acids is 1. The maximum Gasteiger partial charge on any atom is 0.251 e. The SMILES string of the molecule is N#Cc1ccc(C(=O)NCc2ccc(N3CCCCCC3)nc2)cc1. The van der Waals surface area contributed by atoms with Crippen LogP contribution in [0.1, 0.15) is 47.2 Å².